The average molecular weight is 304 g/mol. The molecule has 0 spiro atoms. The topological polar surface area (TPSA) is 26.3 Å². The average Bonchev–Trinajstić information content (AvgIpc) is 2.17. The van der Waals surface area contributed by atoms with E-state index in [2.05, 4.69) is 33.4 Å². The second-order valence-electron chi connectivity index (χ2n) is 3.24. The lowest BCUT2D eigenvalue weighted by molar-refractivity contribution is -0.140. The maximum atomic E-state index is 11.1. The van der Waals surface area contributed by atoms with Crippen LogP contribution in [0.4, 0.5) is 0 Å². The summed E-state index contributed by atoms with van der Waals surface area (Å²) in [5.74, 6) is 0.0635. The van der Waals surface area contributed by atoms with E-state index in [9.17, 15) is 4.79 Å². The smallest absolute Gasteiger partial charge is 0.306 e. The molecule has 1 unspecified atom stereocenters. The number of hydrogen-bond acceptors (Lipinski definition) is 2. The molecule has 1 aromatic carbocycles. The van der Waals surface area contributed by atoms with E-state index in [0.717, 1.165) is 0 Å². The summed E-state index contributed by atoms with van der Waals surface area (Å²) in [6.45, 7) is 2.03. The van der Waals surface area contributed by atoms with Gasteiger partial charge < -0.3 is 4.74 Å². The van der Waals surface area contributed by atoms with Gasteiger partial charge in [0.2, 0.25) is 0 Å². The fourth-order valence-electron chi connectivity index (χ4n) is 1.26. The summed E-state index contributed by atoms with van der Waals surface area (Å²) in [5, 5.41) is 0. The van der Waals surface area contributed by atoms with Gasteiger partial charge in [0.15, 0.2) is 0 Å². The molecule has 0 aliphatic carbocycles. The molecule has 1 rings (SSSR count). The molecule has 0 fully saturated rings. The van der Waals surface area contributed by atoms with E-state index in [0.29, 0.717) is 6.42 Å². The molecule has 0 aliphatic rings. The van der Waals surface area contributed by atoms with Gasteiger partial charge in [-0.15, -0.1) is 0 Å². The Kier molecular flexibility index (Phi) is 4.38. The number of esters is 1. The molecule has 3 heteroatoms. The molecule has 76 valence electrons. The Hall–Kier alpha value is -0.580. The summed E-state index contributed by atoms with van der Waals surface area (Å²) in [5.41, 5.74) is 1.18. The first-order valence-electron chi connectivity index (χ1n) is 4.45. The minimum Gasteiger partial charge on any atom is -0.469 e. The number of ether oxygens (including phenoxy) is 1. The zero-order valence-corrected chi connectivity index (χ0v) is 10.4. The summed E-state index contributed by atoms with van der Waals surface area (Å²) in [4.78, 5) is 11.1. The summed E-state index contributed by atoms with van der Waals surface area (Å²) < 4.78 is 5.82. The van der Waals surface area contributed by atoms with Gasteiger partial charge in [0.25, 0.3) is 0 Å². The van der Waals surface area contributed by atoms with Crippen LogP contribution in [-0.2, 0) is 9.53 Å². The second kappa shape index (κ2) is 5.34. The summed E-state index contributed by atoms with van der Waals surface area (Å²) in [7, 11) is 1.42. The fourth-order valence-corrected chi connectivity index (χ4v) is 1.83. The van der Waals surface area contributed by atoms with Crippen molar-refractivity contribution < 1.29 is 9.53 Å². The Morgan fingerprint density at radius 1 is 1.57 bits per heavy atom. The molecule has 0 radical (unpaired) electrons. The van der Waals surface area contributed by atoms with Crippen molar-refractivity contribution >= 4 is 28.6 Å². The molecular formula is C11H13IO2. The van der Waals surface area contributed by atoms with Gasteiger partial charge >= 0.3 is 5.97 Å². The number of benzene rings is 1. The molecule has 0 amide bonds. The third-order valence-electron chi connectivity index (χ3n) is 2.12. The van der Waals surface area contributed by atoms with Gasteiger partial charge in [-0.25, -0.2) is 0 Å². The van der Waals surface area contributed by atoms with Crippen LogP contribution in [0.1, 0.15) is 24.8 Å². The zero-order valence-electron chi connectivity index (χ0n) is 8.29. The first-order valence-corrected chi connectivity index (χ1v) is 5.53. The van der Waals surface area contributed by atoms with Crippen LogP contribution in [0.2, 0.25) is 0 Å². The van der Waals surface area contributed by atoms with E-state index in [-0.39, 0.29) is 11.9 Å². The van der Waals surface area contributed by atoms with Crippen LogP contribution in [0.3, 0.4) is 0 Å². The van der Waals surface area contributed by atoms with Crippen molar-refractivity contribution in [3.05, 3.63) is 33.4 Å². The third kappa shape index (κ3) is 3.29. The lowest BCUT2D eigenvalue weighted by Crippen LogP contribution is -2.05. The number of carbonyl (C=O) groups excluding carboxylic acids is 1. The van der Waals surface area contributed by atoms with Gasteiger partial charge in [-0.05, 0) is 46.2 Å². The lowest BCUT2D eigenvalue weighted by Gasteiger charge is -2.10. The molecule has 0 bridgehead atoms. The van der Waals surface area contributed by atoms with Crippen LogP contribution in [0.15, 0.2) is 24.3 Å². The fraction of sp³-hybridized carbons (Fsp3) is 0.364. The Morgan fingerprint density at radius 3 is 2.86 bits per heavy atom. The molecule has 1 atom stereocenters. The SMILES string of the molecule is COC(=O)CC(C)c1cccc(I)c1. The van der Waals surface area contributed by atoms with Crippen molar-refractivity contribution in [2.24, 2.45) is 0 Å². The number of halogens is 1. The van der Waals surface area contributed by atoms with E-state index in [1.165, 1.54) is 16.2 Å². The highest BCUT2D eigenvalue weighted by Gasteiger charge is 2.11. The molecule has 0 aliphatic heterocycles. The van der Waals surface area contributed by atoms with Crippen LogP contribution >= 0.6 is 22.6 Å². The highest BCUT2D eigenvalue weighted by molar-refractivity contribution is 14.1. The van der Waals surface area contributed by atoms with E-state index >= 15 is 0 Å². The number of methoxy groups -OCH3 is 1. The quantitative estimate of drug-likeness (QED) is 0.634. The Bertz CT molecular complexity index is 323. The summed E-state index contributed by atoms with van der Waals surface area (Å²) in [6.07, 6.45) is 0.441. The molecule has 0 saturated heterocycles. The zero-order chi connectivity index (χ0) is 10.6. The van der Waals surface area contributed by atoms with Crippen LogP contribution in [-0.4, -0.2) is 13.1 Å². The van der Waals surface area contributed by atoms with Crippen molar-refractivity contribution in [2.75, 3.05) is 7.11 Å². The van der Waals surface area contributed by atoms with Gasteiger partial charge in [-0.2, -0.15) is 0 Å². The third-order valence-corrected chi connectivity index (χ3v) is 2.79. The molecular weight excluding hydrogens is 291 g/mol. The van der Waals surface area contributed by atoms with E-state index < -0.39 is 0 Å². The maximum absolute atomic E-state index is 11.1. The Balaban J connectivity index is 2.69. The van der Waals surface area contributed by atoms with Crippen molar-refractivity contribution in [3.63, 3.8) is 0 Å². The van der Waals surface area contributed by atoms with Crippen molar-refractivity contribution in [1.29, 1.82) is 0 Å². The minimum absolute atomic E-state index is 0.156. The normalized spacial score (nSPS) is 12.2. The maximum Gasteiger partial charge on any atom is 0.306 e. The molecule has 0 N–H and O–H groups in total. The monoisotopic (exact) mass is 304 g/mol. The Morgan fingerprint density at radius 2 is 2.29 bits per heavy atom. The number of carbonyl (C=O) groups is 1. The van der Waals surface area contributed by atoms with Crippen LogP contribution in [0.25, 0.3) is 0 Å². The van der Waals surface area contributed by atoms with Gasteiger partial charge in [0.1, 0.15) is 0 Å². The first kappa shape index (κ1) is 11.5. The highest BCUT2D eigenvalue weighted by Crippen LogP contribution is 2.20. The minimum atomic E-state index is -0.156. The predicted molar refractivity (Wildman–Crippen MR) is 64.2 cm³/mol. The van der Waals surface area contributed by atoms with E-state index in [4.69, 9.17) is 0 Å². The van der Waals surface area contributed by atoms with Crippen molar-refractivity contribution in [2.45, 2.75) is 19.3 Å². The summed E-state index contributed by atoms with van der Waals surface area (Å²) in [6, 6.07) is 8.17. The summed E-state index contributed by atoms with van der Waals surface area (Å²) >= 11 is 2.27. The van der Waals surface area contributed by atoms with Gasteiger partial charge in [0, 0.05) is 3.57 Å². The largest absolute Gasteiger partial charge is 0.469 e. The molecule has 0 heterocycles. The molecule has 14 heavy (non-hydrogen) atoms. The van der Waals surface area contributed by atoms with Gasteiger partial charge in [-0.3, -0.25) is 4.79 Å². The van der Waals surface area contributed by atoms with Crippen LogP contribution in [0.5, 0.6) is 0 Å². The molecule has 0 saturated carbocycles. The van der Waals surface area contributed by atoms with Gasteiger partial charge in [0.05, 0.1) is 13.5 Å². The Labute approximate surface area is 97.8 Å². The van der Waals surface area contributed by atoms with Gasteiger partial charge in [-0.1, -0.05) is 19.1 Å². The van der Waals surface area contributed by atoms with Crippen LogP contribution < -0.4 is 0 Å². The van der Waals surface area contributed by atoms with Crippen molar-refractivity contribution in [3.8, 4) is 0 Å². The first-order chi connectivity index (χ1) is 6.63. The molecule has 2 nitrogen and oxygen atoms in total. The highest BCUT2D eigenvalue weighted by atomic mass is 127. The predicted octanol–water partition coefficient (Wildman–Crippen LogP) is 2.96. The number of hydrogen-bond donors (Lipinski definition) is 0. The van der Waals surface area contributed by atoms with Crippen molar-refractivity contribution in [1.82, 2.24) is 0 Å². The second-order valence-corrected chi connectivity index (χ2v) is 4.48. The van der Waals surface area contributed by atoms with E-state index in [1.54, 1.807) is 0 Å². The van der Waals surface area contributed by atoms with Crippen LogP contribution in [0, 0.1) is 3.57 Å². The number of rotatable bonds is 3. The van der Waals surface area contributed by atoms with E-state index in [1.807, 2.05) is 25.1 Å². The lowest BCUT2D eigenvalue weighted by atomic mass is 9.98. The molecule has 0 aromatic heterocycles. The standard InChI is InChI=1S/C11H13IO2/c1-8(6-11(13)14-2)9-4-3-5-10(12)7-9/h3-5,7-8H,6H2,1-2H3. The molecule has 1 aromatic rings.